The van der Waals surface area contributed by atoms with E-state index in [1.54, 1.807) is 0 Å². The van der Waals surface area contributed by atoms with E-state index in [-0.39, 0.29) is 36.3 Å². The number of piperidine rings is 1. The number of thioether (sulfide) groups is 1. The molecule has 0 spiro atoms. The SMILES string of the molecule is Cl.Cl.O=C(CC1CC2CCC(C1)N2)NCC1(N2CCOCC2)CCSC1. The first kappa shape index (κ1) is 22.6. The average Bonchev–Trinajstić information content (AvgIpc) is 3.21. The molecule has 4 rings (SSSR count). The van der Waals surface area contributed by atoms with Crippen molar-refractivity contribution in [2.24, 2.45) is 5.92 Å². The van der Waals surface area contributed by atoms with Gasteiger partial charge in [-0.2, -0.15) is 11.8 Å². The van der Waals surface area contributed by atoms with Gasteiger partial charge in [-0.1, -0.05) is 0 Å². The third-order valence-electron chi connectivity index (χ3n) is 6.42. The Labute approximate surface area is 173 Å². The summed E-state index contributed by atoms with van der Waals surface area (Å²) in [6.07, 6.45) is 6.90. The number of nitrogens with zero attached hydrogens (tertiary/aromatic N) is 1. The lowest BCUT2D eigenvalue weighted by molar-refractivity contribution is -0.123. The number of halogens is 2. The second-order valence-corrected chi connectivity index (χ2v) is 9.19. The van der Waals surface area contributed by atoms with Crippen LogP contribution in [0.15, 0.2) is 0 Å². The number of ether oxygens (including phenoxy) is 1. The molecule has 0 saturated carbocycles. The molecule has 1 amide bonds. The molecule has 0 aliphatic carbocycles. The minimum absolute atomic E-state index is 0. The van der Waals surface area contributed by atoms with Crippen LogP contribution in [0.5, 0.6) is 0 Å². The van der Waals surface area contributed by atoms with E-state index in [0.29, 0.717) is 18.0 Å². The lowest BCUT2D eigenvalue weighted by Gasteiger charge is -2.43. The Bertz CT molecular complexity index is 448. The summed E-state index contributed by atoms with van der Waals surface area (Å²) >= 11 is 2.03. The average molecular weight is 426 g/mol. The molecule has 3 atom stereocenters. The summed E-state index contributed by atoms with van der Waals surface area (Å²) in [6, 6.07) is 1.35. The van der Waals surface area contributed by atoms with Gasteiger partial charge in [0, 0.05) is 49.4 Å². The van der Waals surface area contributed by atoms with Crippen LogP contribution in [0, 0.1) is 5.92 Å². The fourth-order valence-corrected chi connectivity index (χ4v) is 6.55. The van der Waals surface area contributed by atoms with Gasteiger partial charge in [0.15, 0.2) is 0 Å². The number of rotatable bonds is 5. The highest BCUT2D eigenvalue weighted by Gasteiger charge is 2.41. The summed E-state index contributed by atoms with van der Waals surface area (Å²) in [6.45, 7) is 4.50. The highest BCUT2D eigenvalue weighted by Crippen LogP contribution is 2.34. The zero-order valence-corrected chi connectivity index (χ0v) is 17.9. The van der Waals surface area contributed by atoms with Crippen molar-refractivity contribution in [2.75, 3.05) is 44.4 Å². The van der Waals surface area contributed by atoms with Crippen LogP contribution in [0.3, 0.4) is 0 Å². The van der Waals surface area contributed by atoms with E-state index in [2.05, 4.69) is 15.5 Å². The summed E-state index contributed by atoms with van der Waals surface area (Å²) in [5.41, 5.74) is 0.164. The van der Waals surface area contributed by atoms with Gasteiger partial charge >= 0.3 is 0 Å². The van der Waals surface area contributed by atoms with Crippen molar-refractivity contribution in [1.29, 1.82) is 0 Å². The quantitative estimate of drug-likeness (QED) is 0.705. The molecule has 4 aliphatic heterocycles. The third-order valence-corrected chi connectivity index (χ3v) is 7.66. The first-order valence-electron chi connectivity index (χ1n) is 9.67. The zero-order chi connectivity index (χ0) is 16.4. The maximum atomic E-state index is 12.5. The first-order valence-corrected chi connectivity index (χ1v) is 10.8. The van der Waals surface area contributed by atoms with Gasteiger partial charge < -0.3 is 15.4 Å². The second-order valence-electron chi connectivity index (χ2n) is 8.08. The van der Waals surface area contributed by atoms with E-state index in [0.717, 1.165) is 45.0 Å². The second kappa shape index (κ2) is 10.2. The van der Waals surface area contributed by atoms with Crippen molar-refractivity contribution in [1.82, 2.24) is 15.5 Å². The van der Waals surface area contributed by atoms with Crippen LogP contribution in [-0.4, -0.2) is 72.8 Å². The molecule has 4 heterocycles. The number of amides is 1. The summed E-state index contributed by atoms with van der Waals surface area (Å²) < 4.78 is 5.51. The van der Waals surface area contributed by atoms with Gasteiger partial charge in [-0.15, -0.1) is 24.8 Å². The Morgan fingerprint density at radius 2 is 1.88 bits per heavy atom. The van der Waals surface area contributed by atoms with E-state index < -0.39 is 0 Å². The molecule has 0 aromatic carbocycles. The lowest BCUT2D eigenvalue weighted by atomic mass is 9.89. The molecule has 8 heteroatoms. The maximum Gasteiger partial charge on any atom is 0.220 e. The molecule has 0 aromatic rings. The minimum Gasteiger partial charge on any atom is -0.379 e. The fourth-order valence-electron chi connectivity index (χ4n) is 5.07. The molecular weight excluding hydrogens is 393 g/mol. The van der Waals surface area contributed by atoms with E-state index in [1.165, 1.54) is 37.9 Å². The first-order chi connectivity index (χ1) is 11.7. The zero-order valence-electron chi connectivity index (χ0n) is 15.4. The van der Waals surface area contributed by atoms with Gasteiger partial charge in [-0.05, 0) is 43.8 Å². The topological polar surface area (TPSA) is 53.6 Å². The van der Waals surface area contributed by atoms with Gasteiger partial charge in [0.25, 0.3) is 0 Å². The molecule has 4 saturated heterocycles. The van der Waals surface area contributed by atoms with Crippen molar-refractivity contribution >= 4 is 42.5 Å². The summed E-state index contributed by atoms with van der Waals surface area (Å²) in [5, 5.41) is 6.97. The number of hydrogen-bond acceptors (Lipinski definition) is 5. The van der Waals surface area contributed by atoms with Crippen LogP contribution in [0.25, 0.3) is 0 Å². The number of hydrogen-bond donors (Lipinski definition) is 2. The molecule has 26 heavy (non-hydrogen) atoms. The van der Waals surface area contributed by atoms with Crippen molar-refractivity contribution in [3.05, 3.63) is 0 Å². The minimum atomic E-state index is 0. The van der Waals surface area contributed by atoms with Crippen LogP contribution in [0.4, 0.5) is 0 Å². The van der Waals surface area contributed by atoms with Crippen molar-refractivity contribution < 1.29 is 9.53 Å². The van der Waals surface area contributed by atoms with Gasteiger partial charge in [0.2, 0.25) is 5.91 Å². The van der Waals surface area contributed by atoms with Gasteiger partial charge in [-0.3, -0.25) is 9.69 Å². The van der Waals surface area contributed by atoms with Crippen molar-refractivity contribution in [3.63, 3.8) is 0 Å². The Kier molecular flexibility index (Phi) is 8.83. The van der Waals surface area contributed by atoms with E-state index >= 15 is 0 Å². The van der Waals surface area contributed by atoms with Crippen LogP contribution in [0.2, 0.25) is 0 Å². The van der Waals surface area contributed by atoms with E-state index in [4.69, 9.17) is 4.74 Å². The Morgan fingerprint density at radius 3 is 2.50 bits per heavy atom. The molecule has 3 unspecified atom stereocenters. The Balaban J connectivity index is 0.00000121. The number of fused-ring (bicyclic) bond motifs is 2. The Morgan fingerprint density at radius 1 is 1.19 bits per heavy atom. The van der Waals surface area contributed by atoms with Gasteiger partial charge in [0.1, 0.15) is 0 Å². The van der Waals surface area contributed by atoms with Crippen LogP contribution in [0.1, 0.15) is 38.5 Å². The smallest absolute Gasteiger partial charge is 0.220 e. The Hall–Kier alpha value is 0.280. The molecule has 0 radical (unpaired) electrons. The number of carbonyl (C=O) groups is 1. The van der Waals surface area contributed by atoms with Crippen molar-refractivity contribution in [3.8, 4) is 0 Å². The summed E-state index contributed by atoms with van der Waals surface area (Å²) in [5.74, 6) is 3.21. The lowest BCUT2D eigenvalue weighted by Crippen LogP contribution is -2.59. The molecule has 152 valence electrons. The highest BCUT2D eigenvalue weighted by molar-refractivity contribution is 7.99. The molecule has 5 nitrogen and oxygen atoms in total. The largest absolute Gasteiger partial charge is 0.379 e. The molecule has 4 aliphatic rings. The standard InChI is InChI=1S/C18H31N3O2S.2ClH/c22-17(11-14-9-15-1-2-16(10-14)20-15)19-12-18(3-8-24-13-18)21-4-6-23-7-5-21;;/h14-16,20H,1-13H2,(H,19,22);2*1H. The fraction of sp³-hybridized carbons (Fsp3) is 0.944. The number of carbonyl (C=O) groups excluding carboxylic acids is 1. The van der Waals surface area contributed by atoms with Crippen LogP contribution >= 0.6 is 36.6 Å². The van der Waals surface area contributed by atoms with Gasteiger partial charge in [-0.25, -0.2) is 0 Å². The van der Waals surface area contributed by atoms with E-state index in [9.17, 15) is 4.79 Å². The highest BCUT2D eigenvalue weighted by atomic mass is 35.5. The predicted molar refractivity (Wildman–Crippen MR) is 112 cm³/mol. The van der Waals surface area contributed by atoms with E-state index in [1.807, 2.05) is 11.8 Å². The monoisotopic (exact) mass is 425 g/mol. The van der Waals surface area contributed by atoms with Crippen LogP contribution < -0.4 is 10.6 Å². The molecular formula is C18H33Cl2N3O2S. The molecule has 2 bridgehead atoms. The van der Waals surface area contributed by atoms with Crippen molar-refractivity contribution in [2.45, 2.75) is 56.1 Å². The number of nitrogens with one attached hydrogen (secondary N) is 2. The molecule has 0 aromatic heterocycles. The van der Waals surface area contributed by atoms with Crippen LogP contribution in [-0.2, 0) is 9.53 Å². The maximum absolute atomic E-state index is 12.5. The third kappa shape index (κ3) is 5.21. The summed E-state index contributed by atoms with van der Waals surface area (Å²) in [4.78, 5) is 15.1. The predicted octanol–water partition coefficient (Wildman–Crippen LogP) is 2.07. The molecule has 2 N–H and O–H groups in total. The normalized spacial score (nSPS) is 36.8. The van der Waals surface area contributed by atoms with Gasteiger partial charge in [0.05, 0.1) is 13.2 Å². The summed E-state index contributed by atoms with van der Waals surface area (Å²) in [7, 11) is 0. The molecule has 4 fully saturated rings. The number of morpholine rings is 1.